The summed E-state index contributed by atoms with van der Waals surface area (Å²) >= 11 is 0. The molecule has 19 heavy (non-hydrogen) atoms. The van der Waals surface area contributed by atoms with Crippen LogP contribution in [0, 0.1) is 6.92 Å². The first-order valence-corrected chi connectivity index (χ1v) is 5.91. The van der Waals surface area contributed by atoms with E-state index >= 15 is 0 Å². The van der Waals surface area contributed by atoms with Gasteiger partial charge in [-0.15, -0.1) is 0 Å². The molecule has 0 spiro atoms. The highest BCUT2D eigenvalue weighted by molar-refractivity contribution is 6.35. The Kier molecular flexibility index (Phi) is 2.66. The van der Waals surface area contributed by atoms with Gasteiger partial charge in [0.25, 0.3) is 7.41 Å². The van der Waals surface area contributed by atoms with E-state index in [4.69, 9.17) is 4.74 Å². The number of hydrogen-bond acceptors (Lipinski definition) is 5. The summed E-state index contributed by atoms with van der Waals surface area (Å²) in [7, 11) is 1.64. The fraction of sp³-hybridized carbons (Fsp3) is 0.167. The van der Waals surface area contributed by atoms with E-state index in [9.17, 15) is 4.79 Å². The first-order valence-electron chi connectivity index (χ1n) is 5.91. The first kappa shape index (κ1) is 11.6. The predicted octanol–water partition coefficient (Wildman–Crippen LogP) is 1.61. The second kappa shape index (κ2) is 4.35. The minimum Gasteiger partial charge on any atom is -0.450 e. The van der Waals surface area contributed by atoms with E-state index in [1.165, 1.54) is 4.68 Å². The van der Waals surface area contributed by atoms with E-state index in [1.54, 1.807) is 20.4 Å². The smallest absolute Gasteiger partial charge is 0.367 e. The van der Waals surface area contributed by atoms with Crippen LogP contribution < -0.4 is 21.1 Å². The lowest BCUT2D eigenvalue weighted by Crippen LogP contribution is -2.32. The summed E-state index contributed by atoms with van der Waals surface area (Å²) in [4.78, 5) is 15.7. The summed E-state index contributed by atoms with van der Waals surface area (Å²) in [6.45, 7) is 3.75. The second-order valence-corrected chi connectivity index (χ2v) is 4.20. The molecular formula is C12H12BN4O2. The van der Waals surface area contributed by atoms with Crippen molar-refractivity contribution >= 4 is 18.9 Å². The largest absolute Gasteiger partial charge is 0.450 e. The van der Waals surface area contributed by atoms with Gasteiger partial charge in [-0.25, -0.2) is 9.47 Å². The molecule has 0 amide bonds. The minimum absolute atomic E-state index is 0.398. The van der Waals surface area contributed by atoms with Gasteiger partial charge in [0.15, 0.2) is 17.3 Å². The normalized spacial score (nSPS) is 11.7. The van der Waals surface area contributed by atoms with Crippen LogP contribution in [0.15, 0.2) is 29.2 Å². The number of nitrogens with one attached hydrogen (secondary N) is 2. The molecule has 0 unspecified atom stereocenters. The molecule has 2 aromatic rings. The zero-order valence-electron chi connectivity index (χ0n) is 10.6. The van der Waals surface area contributed by atoms with Gasteiger partial charge in [-0.05, 0) is 18.6 Å². The van der Waals surface area contributed by atoms with Crippen LogP contribution in [-0.4, -0.2) is 17.1 Å². The average Bonchev–Trinajstić information content (AvgIpc) is 2.39. The fourth-order valence-electron chi connectivity index (χ4n) is 1.96. The zero-order chi connectivity index (χ0) is 13.4. The highest BCUT2D eigenvalue weighted by Gasteiger charge is 2.20. The summed E-state index contributed by atoms with van der Waals surface area (Å²) in [5.74, 6) is 1.66. The summed E-state index contributed by atoms with van der Waals surface area (Å²) < 4.78 is 7.03. The molecule has 0 fully saturated rings. The SMILES string of the molecule is C[B]Nn1cc2c(nc1=O)Nc1c(C)cccc1O2. The topological polar surface area (TPSA) is 68.2 Å². The van der Waals surface area contributed by atoms with Gasteiger partial charge in [-0.3, -0.25) is 0 Å². The van der Waals surface area contributed by atoms with Crippen LogP contribution in [0.1, 0.15) is 5.56 Å². The van der Waals surface area contributed by atoms with Crippen LogP contribution in [0.2, 0.25) is 6.82 Å². The van der Waals surface area contributed by atoms with Crippen molar-refractivity contribution in [1.29, 1.82) is 0 Å². The molecule has 2 heterocycles. The van der Waals surface area contributed by atoms with Gasteiger partial charge in [0, 0.05) is 0 Å². The van der Waals surface area contributed by atoms with Gasteiger partial charge < -0.3 is 15.4 Å². The molecular weight excluding hydrogens is 243 g/mol. The lowest BCUT2D eigenvalue weighted by Gasteiger charge is -2.22. The van der Waals surface area contributed by atoms with Crippen molar-refractivity contribution in [3.8, 4) is 11.5 Å². The molecule has 0 saturated heterocycles. The van der Waals surface area contributed by atoms with E-state index in [1.807, 2.05) is 25.1 Å². The molecule has 6 nitrogen and oxygen atoms in total. The van der Waals surface area contributed by atoms with Crippen LogP contribution in [0.25, 0.3) is 0 Å². The van der Waals surface area contributed by atoms with Crippen LogP contribution in [0.4, 0.5) is 11.5 Å². The van der Waals surface area contributed by atoms with E-state index in [2.05, 4.69) is 15.6 Å². The summed E-state index contributed by atoms with van der Waals surface area (Å²) in [5.41, 5.74) is 1.48. The third-order valence-electron chi connectivity index (χ3n) is 2.86. The molecule has 0 atom stereocenters. The third-order valence-corrected chi connectivity index (χ3v) is 2.86. The quantitative estimate of drug-likeness (QED) is 0.681. The molecule has 0 bridgehead atoms. The Labute approximate surface area is 110 Å². The highest BCUT2D eigenvalue weighted by atomic mass is 16.5. The molecule has 3 rings (SSSR count). The van der Waals surface area contributed by atoms with Crippen molar-refractivity contribution in [2.45, 2.75) is 13.7 Å². The van der Waals surface area contributed by atoms with Gasteiger partial charge in [0.2, 0.25) is 0 Å². The van der Waals surface area contributed by atoms with Gasteiger partial charge in [-0.1, -0.05) is 19.0 Å². The molecule has 2 N–H and O–H groups in total. The van der Waals surface area contributed by atoms with Gasteiger partial charge >= 0.3 is 5.69 Å². The van der Waals surface area contributed by atoms with Crippen molar-refractivity contribution in [3.05, 3.63) is 40.4 Å². The number of anilines is 2. The molecule has 1 aromatic heterocycles. The third kappa shape index (κ3) is 1.93. The maximum atomic E-state index is 11.8. The summed E-state index contributed by atoms with van der Waals surface area (Å²) in [6.07, 6.45) is 1.57. The highest BCUT2D eigenvalue weighted by Crippen LogP contribution is 2.41. The van der Waals surface area contributed by atoms with Crippen LogP contribution in [0.3, 0.4) is 0 Å². The number of benzene rings is 1. The number of aromatic nitrogens is 2. The number of aryl methyl sites for hydroxylation is 1. The molecule has 7 heteroatoms. The molecule has 95 valence electrons. The van der Waals surface area contributed by atoms with Crippen LogP contribution >= 0.6 is 0 Å². The number of para-hydroxylation sites is 1. The number of hydrogen-bond donors (Lipinski definition) is 2. The minimum atomic E-state index is -0.398. The Morgan fingerprint density at radius 2 is 2.26 bits per heavy atom. The Morgan fingerprint density at radius 3 is 3.05 bits per heavy atom. The monoisotopic (exact) mass is 255 g/mol. The lowest BCUT2D eigenvalue weighted by molar-refractivity contribution is 0.471. The van der Waals surface area contributed by atoms with Crippen LogP contribution in [-0.2, 0) is 0 Å². The second-order valence-electron chi connectivity index (χ2n) is 4.20. The van der Waals surface area contributed by atoms with Crippen molar-refractivity contribution in [1.82, 2.24) is 9.66 Å². The standard InChI is InChI=1S/C12H12BN4O2/c1-7-4-3-5-8-10(7)14-11-9(19-8)6-17(16-13-2)12(18)15-11/h3-6,16H,1-2H3,(H,14,15,18). The van der Waals surface area contributed by atoms with Crippen molar-refractivity contribution in [3.63, 3.8) is 0 Å². The van der Waals surface area contributed by atoms with E-state index in [0.29, 0.717) is 11.6 Å². The lowest BCUT2D eigenvalue weighted by atomic mass is 10.0. The summed E-state index contributed by atoms with van der Waals surface area (Å²) in [5, 5.41) is 5.90. The maximum absolute atomic E-state index is 11.8. The zero-order valence-corrected chi connectivity index (χ0v) is 10.6. The fourth-order valence-corrected chi connectivity index (χ4v) is 1.96. The Hall–Kier alpha value is -2.44. The number of nitrogens with zero attached hydrogens (tertiary/aromatic N) is 2. The van der Waals surface area contributed by atoms with Crippen molar-refractivity contribution in [2.75, 3.05) is 10.7 Å². The number of rotatable bonds is 2. The van der Waals surface area contributed by atoms with Gasteiger partial charge in [-0.2, -0.15) is 4.98 Å². The molecule has 1 radical (unpaired) electrons. The van der Waals surface area contributed by atoms with Crippen molar-refractivity contribution < 1.29 is 4.74 Å². The van der Waals surface area contributed by atoms with E-state index in [0.717, 1.165) is 17.0 Å². The Balaban J connectivity index is 2.07. The van der Waals surface area contributed by atoms with E-state index < -0.39 is 5.69 Å². The molecule has 1 aliphatic heterocycles. The van der Waals surface area contributed by atoms with Crippen LogP contribution in [0.5, 0.6) is 11.5 Å². The first-order chi connectivity index (χ1) is 9.19. The Morgan fingerprint density at radius 1 is 1.42 bits per heavy atom. The summed E-state index contributed by atoms with van der Waals surface area (Å²) in [6, 6.07) is 5.75. The van der Waals surface area contributed by atoms with E-state index in [-0.39, 0.29) is 0 Å². The van der Waals surface area contributed by atoms with Gasteiger partial charge in [0.1, 0.15) is 0 Å². The molecule has 1 aliphatic rings. The van der Waals surface area contributed by atoms with Gasteiger partial charge in [0.05, 0.1) is 11.9 Å². The Bertz CT molecular complexity index is 699. The molecule has 0 saturated carbocycles. The van der Waals surface area contributed by atoms with Crippen molar-refractivity contribution in [2.24, 2.45) is 0 Å². The average molecular weight is 255 g/mol. The molecule has 0 aliphatic carbocycles. The molecule has 1 aromatic carbocycles. The maximum Gasteiger partial charge on any atom is 0.367 e. The number of fused-ring (bicyclic) bond motifs is 2. The number of ether oxygens (including phenoxy) is 1. The predicted molar refractivity (Wildman–Crippen MR) is 74.0 cm³/mol.